The Morgan fingerprint density at radius 3 is 1.48 bits per heavy atom. The van der Waals surface area contributed by atoms with E-state index in [1.165, 1.54) is 28.8 Å². The minimum atomic E-state index is -5.53. The van der Waals surface area contributed by atoms with Gasteiger partial charge in [-0.05, 0) is 31.9 Å². The van der Waals surface area contributed by atoms with Crippen molar-refractivity contribution in [3.63, 3.8) is 0 Å². The maximum Gasteiger partial charge on any atom is 2.00 e. The average molecular weight is 566 g/mol. The van der Waals surface area contributed by atoms with Crippen molar-refractivity contribution in [2.75, 3.05) is 0 Å². The molecule has 0 amide bonds. The van der Waals surface area contributed by atoms with Gasteiger partial charge >= 0.3 is 35.0 Å². The second-order valence-electron chi connectivity index (χ2n) is 7.56. The number of halogens is 3. The van der Waals surface area contributed by atoms with Crippen LogP contribution in [0.4, 0.5) is 13.2 Å². The maximum atomic E-state index is 12.7. The molecule has 0 bridgehead atoms. The van der Waals surface area contributed by atoms with E-state index in [4.69, 9.17) is 5.73 Å². The van der Waals surface area contributed by atoms with Gasteiger partial charge in [0.2, 0.25) is 0 Å². The Balaban J connectivity index is 0.000000458. The summed E-state index contributed by atoms with van der Waals surface area (Å²) in [6.07, 6.45) is 0. The third kappa shape index (κ3) is 8.67. The standard InChI is InChI=1S/C15H15F3N2O2S.C9H12.Ru/c16-15(17,18)23(21,22)20-14(12-9-5-2-6-10-12)13(19)11-7-3-1-4-8-11;1-7-4-8(2)6-9(3)5-7;/h1-10,13-14,20H,19H2;4-6H,1-3H3;/q;;+2/t13-,14-;;/m0../s1. The van der Waals surface area contributed by atoms with Crippen LogP contribution in [0.25, 0.3) is 0 Å². The zero-order valence-corrected chi connectivity index (χ0v) is 21.0. The van der Waals surface area contributed by atoms with E-state index in [1.54, 1.807) is 53.3 Å². The summed E-state index contributed by atoms with van der Waals surface area (Å²) < 4.78 is 62.7. The van der Waals surface area contributed by atoms with Gasteiger partial charge in [0.1, 0.15) is 0 Å². The number of nitrogens with two attached hydrogens (primary N) is 1. The molecule has 0 aromatic heterocycles. The van der Waals surface area contributed by atoms with E-state index in [1.807, 2.05) is 0 Å². The van der Waals surface area contributed by atoms with Gasteiger partial charge in [-0.3, -0.25) is 0 Å². The van der Waals surface area contributed by atoms with Crippen molar-refractivity contribution in [1.29, 1.82) is 0 Å². The topological polar surface area (TPSA) is 72.2 Å². The van der Waals surface area contributed by atoms with Crippen molar-refractivity contribution in [2.24, 2.45) is 5.73 Å². The molecule has 3 aromatic carbocycles. The molecule has 3 rings (SSSR count). The van der Waals surface area contributed by atoms with Crippen molar-refractivity contribution in [1.82, 2.24) is 4.72 Å². The second kappa shape index (κ2) is 12.4. The molecule has 0 heterocycles. The molecule has 0 aliphatic rings. The number of hydrogen-bond acceptors (Lipinski definition) is 3. The van der Waals surface area contributed by atoms with Crippen molar-refractivity contribution in [3.05, 3.63) is 107 Å². The number of benzene rings is 3. The van der Waals surface area contributed by atoms with Crippen LogP contribution in [0, 0.1) is 20.8 Å². The molecule has 0 radical (unpaired) electrons. The van der Waals surface area contributed by atoms with Gasteiger partial charge in [0, 0.05) is 0 Å². The third-order valence-corrected chi connectivity index (χ3v) is 5.83. The Morgan fingerprint density at radius 1 is 0.758 bits per heavy atom. The first kappa shape index (κ1) is 29.0. The molecule has 3 N–H and O–H groups in total. The van der Waals surface area contributed by atoms with E-state index in [2.05, 4.69) is 39.0 Å². The fourth-order valence-electron chi connectivity index (χ4n) is 3.31. The summed E-state index contributed by atoms with van der Waals surface area (Å²) in [5.74, 6) is 0. The molecular formula is C24H27F3N2O2RuS+2. The molecule has 0 saturated heterocycles. The van der Waals surface area contributed by atoms with Crippen molar-refractivity contribution < 1.29 is 41.1 Å². The molecule has 178 valence electrons. The van der Waals surface area contributed by atoms with Crippen LogP contribution in [-0.2, 0) is 29.5 Å². The summed E-state index contributed by atoms with van der Waals surface area (Å²) in [4.78, 5) is 0. The van der Waals surface area contributed by atoms with E-state index in [0.29, 0.717) is 11.1 Å². The van der Waals surface area contributed by atoms with Gasteiger partial charge in [0.05, 0.1) is 12.1 Å². The molecule has 9 heteroatoms. The predicted molar refractivity (Wildman–Crippen MR) is 121 cm³/mol. The normalized spacial score (nSPS) is 13.2. The van der Waals surface area contributed by atoms with E-state index >= 15 is 0 Å². The number of aryl methyl sites for hydroxylation is 3. The number of nitrogens with one attached hydrogen (secondary N) is 1. The number of hydrogen-bond donors (Lipinski definition) is 2. The van der Waals surface area contributed by atoms with Gasteiger partial charge in [-0.2, -0.15) is 17.9 Å². The van der Waals surface area contributed by atoms with Crippen molar-refractivity contribution in [2.45, 2.75) is 38.4 Å². The number of sulfonamides is 1. The van der Waals surface area contributed by atoms with Crippen LogP contribution in [0.15, 0.2) is 78.9 Å². The molecule has 0 saturated carbocycles. The summed E-state index contributed by atoms with van der Waals surface area (Å²) in [7, 11) is -5.53. The number of rotatable bonds is 5. The Hall–Kier alpha value is -2.06. The zero-order valence-electron chi connectivity index (χ0n) is 18.4. The molecular weight excluding hydrogens is 538 g/mol. The molecule has 0 unspecified atom stereocenters. The molecule has 2 atom stereocenters. The fourth-order valence-corrected chi connectivity index (χ4v) is 4.06. The first-order valence-corrected chi connectivity index (χ1v) is 11.4. The fraction of sp³-hybridized carbons (Fsp3) is 0.250. The molecule has 0 aliphatic heterocycles. The van der Waals surface area contributed by atoms with Gasteiger partial charge in [-0.1, -0.05) is 95.6 Å². The summed E-state index contributed by atoms with van der Waals surface area (Å²) in [5, 5.41) is 0. The largest absolute Gasteiger partial charge is 2.00 e. The van der Waals surface area contributed by atoms with Gasteiger partial charge in [-0.15, -0.1) is 0 Å². The molecule has 33 heavy (non-hydrogen) atoms. The first-order chi connectivity index (χ1) is 14.9. The van der Waals surface area contributed by atoms with Crippen LogP contribution >= 0.6 is 0 Å². The minimum absolute atomic E-state index is 0. The van der Waals surface area contributed by atoms with Gasteiger partial charge in [0.25, 0.3) is 0 Å². The molecule has 0 spiro atoms. The van der Waals surface area contributed by atoms with Gasteiger partial charge in [-0.25, -0.2) is 8.42 Å². The second-order valence-corrected chi connectivity index (χ2v) is 9.26. The molecule has 0 aliphatic carbocycles. The minimum Gasteiger partial charge on any atom is -0.322 e. The summed E-state index contributed by atoms with van der Waals surface area (Å²) in [6.45, 7) is 6.38. The summed E-state index contributed by atoms with van der Waals surface area (Å²) in [6, 6.07) is 20.6. The van der Waals surface area contributed by atoms with Crippen molar-refractivity contribution >= 4 is 10.0 Å². The van der Waals surface area contributed by atoms with Crippen LogP contribution < -0.4 is 10.5 Å². The summed E-state index contributed by atoms with van der Waals surface area (Å²) in [5.41, 5.74) is 5.55. The maximum absolute atomic E-state index is 12.7. The van der Waals surface area contributed by atoms with Crippen LogP contribution in [0.1, 0.15) is 39.9 Å². The smallest absolute Gasteiger partial charge is 0.322 e. The Kier molecular flexibility index (Phi) is 10.9. The third-order valence-electron chi connectivity index (χ3n) is 4.66. The molecule has 3 aromatic rings. The zero-order chi connectivity index (χ0) is 23.9. The Bertz CT molecular complexity index is 1060. The van der Waals surface area contributed by atoms with Gasteiger partial charge in [0.15, 0.2) is 0 Å². The SMILES string of the molecule is Cc1cc(C)cc(C)c1.N[C@@H](c1ccccc1)[C@@H](NS(=O)(=O)C(F)(F)F)c1ccccc1.[Ru+2]. The van der Waals surface area contributed by atoms with E-state index in [0.717, 1.165) is 0 Å². The molecule has 0 fully saturated rings. The van der Waals surface area contributed by atoms with E-state index < -0.39 is 27.6 Å². The quantitative estimate of drug-likeness (QED) is 0.403. The first-order valence-electron chi connectivity index (χ1n) is 9.89. The predicted octanol–water partition coefficient (Wildman–Crippen LogP) is 5.48. The monoisotopic (exact) mass is 566 g/mol. The van der Waals surface area contributed by atoms with Crippen LogP contribution in [-0.4, -0.2) is 13.9 Å². The Labute approximate surface area is 206 Å². The van der Waals surface area contributed by atoms with Crippen molar-refractivity contribution in [3.8, 4) is 0 Å². The molecule has 4 nitrogen and oxygen atoms in total. The Morgan fingerprint density at radius 2 is 1.12 bits per heavy atom. The van der Waals surface area contributed by atoms with Crippen LogP contribution in [0.3, 0.4) is 0 Å². The van der Waals surface area contributed by atoms with E-state index in [9.17, 15) is 21.6 Å². The number of alkyl halides is 3. The van der Waals surface area contributed by atoms with E-state index in [-0.39, 0.29) is 19.5 Å². The van der Waals surface area contributed by atoms with Crippen LogP contribution in [0.5, 0.6) is 0 Å². The van der Waals surface area contributed by atoms with Crippen LogP contribution in [0.2, 0.25) is 0 Å². The summed E-state index contributed by atoms with van der Waals surface area (Å²) >= 11 is 0. The van der Waals surface area contributed by atoms with Gasteiger partial charge < -0.3 is 5.73 Å². The average Bonchev–Trinajstić information content (AvgIpc) is 2.71.